The normalized spacial score (nSPS) is 14.6. The average Bonchev–Trinajstić information content (AvgIpc) is 2.98. The molecule has 1 aromatic heterocycles. The summed E-state index contributed by atoms with van der Waals surface area (Å²) in [5, 5.41) is 9.81. The molecule has 1 fully saturated rings. The standard InChI is InChI=1S/C30H24F5N5O2/c1-18(30(33,34)35)2-3-21(16-36)29(41)40-14-12-24(13-15-40)42-28-25(17-37)38-26(19-4-8-22(31)9-5-19)27(39-28)20-6-10-23(32)11-7-20/h2-11,16,24H,1,12-15,36H2/b3-2-,21-16+. The van der Waals surface area contributed by atoms with E-state index in [-0.39, 0.29) is 41.6 Å². The second-order valence-corrected chi connectivity index (χ2v) is 9.29. The molecule has 1 amide bonds. The fourth-order valence-electron chi connectivity index (χ4n) is 4.19. The van der Waals surface area contributed by atoms with Gasteiger partial charge in [0.25, 0.3) is 11.8 Å². The van der Waals surface area contributed by atoms with E-state index in [1.54, 1.807) is 0 Å². The van der Waals surface area contributed by atoms with Crippen LogP contribution in [0.1, 0.15) is 18.5 Å². The summed E-state index contributed by atoms with van der Waals surface area (Å²) < 4.78 is 71.4. The second kappa shape index (κ2) is 12.6. The Morgan fingerprint density at radius 1 is 0.976 bits per heavy atom. The number of hydrogen-bond donors (Lipinski definition) is 1. The number of rotatable bonds is 7. The van der Waals surface area contributed by atoms with Crippen molar-refractivity contribution in [3.05, 3.63) is 102 Å². The van der Waals surface area contributed by atoms with Crippen LogP contribution in [0.2, 0.25) is 0 Å². The van der Waals surface area contributed by atoms with Gasteiger partial charge in [-0.05, 0) is 60.7 Å². The van der Waals surface area contributed by atoms with Crippen molar-refractivity contribution in [2.24, 2.45) is 5.73 Å². The summed E-state index contributed by atoms with van der Waals surface area (Å²) in [7, 11) is 0. The van der Waals surface area contributed by atoms with Crippen molar-refractivity contribution in [1.82, 2.24) is 14.9 Å². The summed E-state index contributed by atoms with van der Waals surface area (Å²) >= 11 is 0. The molecule has 7 nitrogen and oxygen atoms in total. The lowest BCUT2D eigenvalue weighted by molar-refractivity contribution is -0.128. The van der Waals surface area contributed by atoms with Gasteiger partial charge >= 0.3 is 6.18 Å². The van der Waals surface area contributed by atoms with E-state index in [1.165, 1.54) is 53.4 Å². The van der Waals surface area contributed by atoms with E-state index >= 15 is 0 Å². The first kappa shape index (κ1) is 29.9. The van der Waals surface area contributed by atoms with Crippen LogP contribution in [-0.2, 0) is 4.79 Å². The van der Waals surface area contributed by atoms with Gasteiger partial charge in [0.15, 0.2) is 0 Å². The highest BCUT2D eigenvalue weighted by Crippen LogP contribution is 2.33. The molecule has 0 spiro atoms. The summed E-state index contributed by atoms with van der Waals surface area (Å²) in [4.78, 5) is 23.3. The van der Waals surface area contributed by atoms with E-state index < -0.39 is 35.4 Å². The van der Waals surface area contributed by atoms with Gasteiger partial charge in [-0.25, -0.2) is 18.7 Å². The number of nitrogens with zero attached hydrogens (tertiary/aromatic N) is 4. The van der Waals surface area contributed by atoms with Crippen LogP contribution in [0.5, 0.6) is 5.88 Å². The van der Waals surface area contributed by atoms with Crippen molar-refractivity contribution in [2.45, 2.75) is 25.1 Å². The van der Waals surface area contributed by atoms with Crippen LogP contribution in [0.4, 0.5) is 22.0 Å². The molecule has 0 bridgehead atoms. The van der Waals surface area contributed by atoms with E-state index in [4.69, 9.17) is 10.5 Å². The fourth-order valence-corrected chi connectivity index (χ4v) is 4.19. The van der Waals surface area contributed by atoms with Crippen molar-refractivity contribution in [3.63, 3.8) is 0 Å². The van der Waals surface area contributed by atoms with Gasteiger partial charge < -0.3 is 15.4 Å². The van der Waals surface area contributed by atoms with E-state index in [0.29, 0.717) is 30.0 Å². The maximum Gasteiger partial charge on any atom is 0.415 e. The Balaban J connectivity index is 1.54. The first-order chi connectivity index (χ1) is 20.0. The summed E-state index contributed by atoms with van der Waals surface area (Å²) in [6.45, 7) is 3.33. The van der Waals surface area contributed by atoms with Crippen molar-refractivity contribution in [2.75, 3.05) is 13.1 Å². The Labute approximate surface area is 238 Å². The quantitative estimate of drug-likeness (QED) is 0.213. The minimum atomic E-state index is -4.63. The molecule has 0 saturated carbocycles. The number of benzene rings is 2. The first-order valence-corrected chi connectivity index (χ1v) is 12.7. The van der Waals surface area contributed by atoms with Crippen LogP contribution < -0.4 is 10.5 Å². The Kier molecular flexibility index (Phi) is 9.00. The number of piperidine rings is 1. The number of hydrogen-bond acceptors (Lipinski definition) is 6. The number of carbonyl (C=O) groups is 1. The zero-order chi connectivity index (χ0) is 30.4. The summed E-state index contributed by atoms with van der Waals surface area (Å²) in [5.74, 6) is -1.54. The Bertz CT molecular complexity index is 1570. The molecule has 42 heavy (non-hydrogen) atoms. The van der Waals surface area contributed by atoms with Crippen LogP contribution >= 0.6 is 0 Å². The van der Waals surface area contributed by atoms with E-state index in [0.717, 1.165) is 12.3 Å². The molecule has 3 aromatic rings. The third kappa shape index (κ3) is 6.98. The summed E-state index contributed by atoms with van der Waals surface area (Å²) in [5.41, 5.74) is 5.64. The molecule has 4 rings (SSSR count). The van der Waals surface area contributed by atoms with Gasteiger partial charge in [0.05, 0.1) is 11.3 Å². The molecule has 1 aliphatic rings. The predicted octanol–water partition coefficient (Wildman–Crippen LogP) is 5.85. The lowest BCUT2D eigenvalue weighted by Gasteiger charge is -2.32. The smallest absolute Gasteiger partial charge is 0.415 e. The van der Waals surface area contributed by atoms with Crippen LogP contribution in [0.3, 0.4) is 0 Å². The maximum atomic E-state index is 13.6. The Morgan fingerprint density at radius 3 is 1.98 bits per heavy atom. The first-order valence-electron chi connectivity index (χ1n) is 12.7. The molecule has 2 aromatic carbocycles. The lowest BCUT2D eigenvalue weighted by Crippen LogP contribution is -2.42. The number of allylic oxidation sites excluding steroid dienone is 2. The number of aromatic nitrogens is 2. The highest BCUT2D eigenvalue weighted by molar-refractivity contribution is 5.96. The number of nitriles is 1. The zero-order valence-corrected chi connectivity index (χ0v) is 22.0. The SMILES string of the molecule is C=C(/C=C\C(=C/N)C(=O)N1CCC(Oc2nc(-c3ccc(F)cc3)c(-c3ccc(F)cc3)nc2C#N)CC1)C(F)(F)F. The summed E-state index contributed by atoms with van der Waals surface area (Å²) in [6.07, 6.45) is -1.88. The third-order valence-electron chi connectivity index (χ3n) is 6.47. The Morgan fingerprint density at radius 2 is 1.50 bits per heavy atom. The van der Waals surface area contributed by atoms with Gasteiger partial charge in [0.1, 0.15) is 29.5 Å². The fraction of sp³-hybridized carbons (Fsp3) is 0.200. The summed E-state index contributed by atoms with van der Waals surface area (Å²) in [6, 6.07) is 12.9. The van der Waals surface area contributed by atoms with Gasteiger partial charge in [0.2, 0.25) is 5.69 Å². The highest BCUT2D eigenvalue weighted by Gasteiger charge is 2.31. The molecule has 0 unspecified atom stereocenters. The van der Waals surface area contributed by atoms with E-state index in [9.17, 15) is 32.0 Å². The van der Waals surface area contributed by atoms with Crippen LogP contribution in [-0.4, -0.2) is 46.1 Å². The molecule has 1 aliphatic heterocycles. The minimum Gasteiger partial charge on any atom is -0.472 e. The van der Waals surface area contributed by atoms with Gasteiger partial charge in [-0.2, -0.15) is 18.4 Å². The number of likely N-dealkylation sites (tertiary alicyclic amines) is 1. The topological polar surface area (TPSA) is 105 Å². The Hall–Kier alpha value is -5.05. The van der Waals surface area contributed by atoms with Gasteiger partial charge in [-0.15, -0.1) is 0 Å². The molecular formula is C30H24F5N5O2. The van der Waals surface area contributed by atoms with Gasteiger partial charge in [-0.3, -0.25) is 4.79 Å². The molecule has 0 radical (unpaired) electrons. The zero-order valence-electron chi connectivity index (χ0n) is 22.0. The monoisotopic (exact) mass is 581 g/mol. The lowest BCUT2D eigenvalue weighted by atomic mass is 10.0. The van der Waals surface area contributed by atoms with E-state index in [1.807, 2.05) is 6.07 Å². The number of amides is 1. The molecule has 2 N–H and O–H groups in total. The van der Waals surface area contributed by atoms with Crippen LogP contribution in [0.15, 0.2) is 84.6 Å². The number of ether oxygens (including phenoxy) is 1. The van der Waals surface area contributed by atoms with Crippen molar-refractivity contribution in [1.29, 1.82) is 5.26 Å². The number of carbonyl (C=O) groups excluding carboxylic acids is 1. The molecule has 0 atom stereocenters. The van der Waals surface area contributed by atoms with Gasteiger partial charge in [-0.1, -0.05) is 6.58 Å². The highest BCUT2D eigenvalue weighted by atomic mass is 19.4. The van der Waals surface area contributed by atoms with Crippen LogP contribution in [0, 0.1) is 23.0 Å². The maximum absolute atomic E-state index is 13.6. The molecule has 216 valence electrons. The van der Waals surface area contributed by atoms with Crippen molar-refractivity contribution >= 4 is 5.91 Å². The van der Waals surface area contributed by atoms with Gasteiger partial charge in [0, 0.05) is 48.8 Å². The largest absolute Gasteiger partial charge is 0.472 e. The molecule has 0 aliphatic carbocycles. The molecule has 12 heteroatoms. The number of nitrogens with two attached hydrogens (primary N) is 1. The van der Waals surface area contributed by atoms with Crippen molar-refractivity contribution in [3.8, 4) is 34.5 Å². The van der Waals surface area contributed by atoms with Crippen LogP contribution in [0.25, 0.3) is 22.5 Å². The second-order valence-electron chi connectivity index (χ2n) is 9.29. The minimum absolute atomic E-state index is 0.0661. The predicted molar refractivity (Wildman–Crippen MR) is 144 cm³/mol. The van der Waals surface area contributed by atoms with Crippen molar-refractivity contribution < 1.29 is 31.5 Å². The molecule has 1 saturated heterocycles. The molecular weight excluding hydrogens is 557 g/mol. The molecule has 2 heterocycles. The number of halogens is 5. The van der Waals surface area contributed by atoms with E-state index in [2.05, 4.69) is 16.5 Å². The number of alkyl halides is 3. The third-order valence-corrected chi connectivity index (χ3v) is 6.47. The average molecular weight is 582 g/mol.